The van der Waals surface area contributed by atoms with Gasteiger partial charge in [-0.1, -0.05) is 31.4 Å². The number of aliphatic hydroxyl groups excluding tert-OH is 1. The topological polar surface area (TPSA) is 125 Å². The third-order valence-electron chi connectivity index (χ3n) is 3.82. The molecule has 2 atom stereocenters. The van der Waals surface area contributed by atoms with Gasteiger partial charge in [-0.15, -0.1) is 0 Å². The van der Waals surface area contributed by atoms with Gasteiger partial charge in [-0.25, -0.2) is 5.48 Å². The summed E-state index contributed by atoms with van der Waals surface area (Å²) in [5.41, 5.74) is 9.87. The summed E-state index contributed by atoms with van der Waals surface area (Å²) in [7, 11) is 0. The van der Waals surface area contributed by atoms with Gasteiger partial charge in [0, 0.05) is 23.2 Å². The average molecular weight is 383 g/mol. The number of aliphatic hydroxyl groups is 1. The van der Waals surface area contributed by atoms with Gasteiger partial charge in [0.25, 0.3) is 11.8 Å². The van der Waals surface area contributed by atoms with Crippen LogP contribution in [-0.4, -0.2) is 34.3 Å². The number of hydrogen-bond donors (Lipinski definition) is 5. The van der Waals surface area contributed by atoms with E-state index in [4.69, 9.17) is 10.9 Å². The van der Waals surface area contributed by atoms with Crippen LogP contribution in [0.3, 0.4) is 0 Å². The molecular weight excluding hydrogens is 358 g/mol. The molecule has 0 aromatic heterocycles. The molecule has 0 saturated heterocycles. The molecule has 2 amide bonds. The maximum atomic E-state index is 12.2. The Bertz CT molecular complexity index is 867. The van der Waals surface area contributed by atoms with Crippen LogP contribution in [0.15, 0.2) is 48.5 Å². The second-order valence-corrected chi connectivity index (χ2v) is 5.90. The highest BCUT2D eigenvalue weighted by Gasteiger charge is 2.25. The first kappa shape index (κ1) is 22.9. The summed E-state index contributed by atoms with van der Waals surface area (Å²) in [6, 6.07) is 12.8. The number of benzene rings is 2. The van der Waals surface area contributed by atoms with Crippen LogP contribution in [0.4, 0.5) is 0 Å². The van der Waals surface area contributed by atoms with E-state index < -0.39 is 24.0 Å². The normalized spacial score (nSPS) is 11.9. The van der Waals surface area contributed by atoms with Gasteiger partial charge >= 0.3 is 0 Å². The number of nitrogens with one attached hydrogen (secondary N) is 2. The lowest BCUT2D eigenvalue weighted by atomic mass is 10.1. The zero-order chi connectivity index (χ0) is 19.8. The molecule has 2 aromatic rings. The van der Waals surface area contributed by atoms with Gasteiger partial charge in [-0.05, 0) is 48.9 Å². The van der Waals surface area contributed by atoms with Crippen LogP contribution in [0.1, 0.15) is 41.4 Å². The molecule has 148 valence electrons. The standard InChI is InChI=1S/C20H21N3O4.CH4/c1-13(24)18(20(26)23-27)22-19(25)17-9-7-14(8-10-17)5-6-15-3-2-4-16(11-15)12-21;/h2-4,7-11,13,18,24,27H,12,21H2,1H3,(H,22,25)(H,23,26);1H4/t13-,18+;/m1./s1. The van der Waals surface area contributed by atoms with E-state index in [-0.39, 0.29) is 7.43 Å². The number of carbonyl (C=O) groups excluding carboxylic acids is 2. The van der Waals surface area contributed by atoms with Crippen molar-refractivity contribution < 1.29 is 19.9 Å². The Kier molecular flexibility index (Phi) is 8.85. The number of hydroxylamine groups is 1. The number of hydrogen-bond acceptors (Lipinski definition) is 5. The predicted octanol–water partition coefficient (Wildman–Crippen LogP) is 1.17. The van der Waals surface area contributed by atoms with Crippen LogP contribution in [0, 0.1) is 11.8 Å². The fraction of sp³-hybridized carbons (Fsp3) is 0.238. The van der Waals surface area contributed by atoms with Crippen molar-refractivity contribution in [2.75, 3.05) is 0 Å². The van der Waals surface area contributed by atoms with Crippen molar-refractivity contribution >= 4 is 11.8 Å². The number of rotatable bonds is 5. The first-order chi connectivity index (χ1) is 12.9. The third-order valence-corrected chi connectivity index (χ3v) is 3.82. The highest BCUT2D eigenvalue weighted by atomic mass is 16.5. The lowest BCUT2D eigenvalue weighted by Crippen LogP contribution is -2.51. The molecule has 28 heavy (non-hydrogen) atoms. The van der Waals surface area contributed by atoms with Crippen LogP contribution in [0.2, 0.25) is 0 Å². The number of carbonyl (C=O) groups is 2. The van der Waals surface area contributed by atoms with Gasteiger partial charge in [-0.2, -0.15) is 0 Å². The van der Waals surface area contributed by atoms with Crippen molar-refractivity contribution in [3.05, 3.63) is 70.8 Å². The summed E-state index contributed by atoms with van der Waals surface area (Å²) in [5, 5.41) is 20.6. The first-order valence-electron chi connectivity index (χ1n) is 8.28. The lowest BCUT2D eigenvalue weighted by molar-refractivity contribution is -0.133. The van der Waals surface area contributed by atoms with Crippen molar-refractivity contribution in [1.82, 2.24) is 10.8 Å². The Morgan fingerprint density at radius 2 is 1.75 bits per heavy atom. The molecule has 0 saturated carbocycles. The summed E-state index contributed by atoms with van der Waals surface area (Å²) >= 11 is 0. The Morgan fingerprint density at radius 1 is 1.11 bits per heavy atom. The largest absolute Gasteiger partial charge is 0.391 e. The molecular formula is C21H25N3O4. The minimum absolute atomic E-state index is 0. The average Bonchev–Trinajstić information content (AvgIpc) is 2.70. The van der Waals surface area contributed by atoms with Crippen molar-refractivity contribution in [2.24, 2.45) is 5.73 Å². The van der Waals surface area contributed by atoms with Crippen LogP contribution < -0.4 is 16.5 Å². The van der Waals surface area contributed by atoms with Gasteiger partial charge in [0.05, 0.1) is 6.10 Å². The molecule has 0 spiro atoms. The van der Waals surface area contributed by atoms with Crippen LogP contribution >= 0.6 is 0 Å². The van der Waals surface area contributed by atoms with Crippen LogP contribution in [0.25, 0.3) is 0 Å². The third kappa shape index (κ3) is 6.21. The summed E-state index contributed by atoms with van der Waals surface area (Å²) in [5.74, 6) is 4.58. The van der Waals surface area contributed by atoms with E-state index in [1.54, 1.807) is 24.3 Å². The Balaban J connectivity index is 0.00000392. The highest BCUT2D eigenvalue weighted by Crippen LogP contribution is 2.07. The van der Waals surface area contributed by atoms with E-state index in [0.29, 0.717) is 17.7 Å². The van der Waals surface area contributed by atoms with E-state index in [2.05, 4.69) is 17.2 Å². The van der Waals surface area contributed by atoms with E-state index in [1.807, 2.05) is 24.3 Å². The molecule has 0 fully saturated rings. The van der Waals surface area contributed by atoms with Gasteiger partial charge in [0.1, 0.15) is 6.04 Å². The Morgan fingerprint density at radius 3 is 2.32 bits per heavy atom. The molecule has 0 aliphatic carbocycles. The van der Waals surface area contributed by atoms with Gasteiger partial charge in [0.2, 0.25) is 0 Å². The molecule has 7 nitrogen and oxygen atoms in total. The van der Waals surface area contributed by atoms with E-state index >= 15 is 0 Å². The van der Waals surface area contributed by atoms with Crippen LogP contribution in [0.5, 0.6) is 0 Å². The van der Waals surface area contributed by atoms with Gasteiger partial charge in [0.15, 0.2) is 0 Å². The molecule has 2 rings (SSSR count). The molecule has 7 heteroatoms. The molecule has 0 unspecified atom stereocenters. The highest BCUT2D eigenvalue weighted by molar-refractivity contribution is 5.97. The van der Waals surface area contributed by atoms with Gasteiger partial charge < -0.3 is 16.2 Å². The smallest absolute Gasteiger partial charge is 0.268 e. The fourth-order valence-electron chi connectivity index (χ4n) is 2.32. The maximum absolute atomic E-state index is 12.2. The van der Waals surface area contributed by atoms with E-state index in [0.717, 1.165) is 11.1 Å². The second-order valence-electron chi connectivity index (χ2n) is 5.90. The summed E-state index contributed by atoms with van der Waals surface area (Å²) < 4.78 is 0. The molecule has 0 aliphatic rings. The second kappa shape index (κ2) is 10.8. The lowest BCUT2D eigenvalue weighted by Gasteiger charge is -2.19. The minimum atomic E-state index is -1.27. The van der Waals surface area contributed by atoms with Crippen molar-refractivity contribution in [2.45, 2.75) is 33.0 Å². The predicted molar refractivity (Wildman–Crippen MR) is 106 cm³/mol. The molecule has 6 N–H and O–H groups in total. The van der Waals surface area contributed by atoms with E-state index in [9.17, 15) is 14.7 Å². The summed E-state index contributed by atoms with van der Waals surface area (Å²) in [6.45, 7) is 1.78. The van der Waals surface area contributed by atoms with Crippen LogP contribution in [-0.2, 0) is 11.3 Å². The Hall–Kier alpha value is -3.18. The molecule has 0 bridgehead atoms. The SMILES string of the molecule is C.C[C@@H](O)[C@H](NC(=O)c1ccc(C#Cc2cccc(CN)c2)cc1)C(=O)NO. The number of nitrogens with two attached hydrogens (primary N) is 1. The first-order valence-corrected chi connectivity index (χ1v) is 8.28. The summed E-state index contributed by atoms with van der Waals surface area (Å²) in [6.07, 6.45) is -1.17. The minimum Gasteiger partial charge on any atom is -0.391 e. The quantitative estimate of drug-likeness (QED) is 0.301. The van der Waals surface area contributed by atoms with Crippen molar-refractivity contribution in [3.8, 4) is 11.8 Å². The molecule has 0 radical (unpaired) electrons. The molecule has 0 heterocycles. The Labute approximate surface area is 164 Å². The maximum Gasteiger partial charge on any atom is 0.268 e. The molecule has 2 aromatic carbocycles. The fourth-order valence-corrected chi connectivity index (χ4v) is 2.32. The molecule has 0 aliphatic heterocycles. The van der Waals surface area contributed by atoms with Crippen molar-refractivity contribution in [1.29, 1.82) is 0 Å². The van der Waals surface area contributed by atoms with Crippen molar-refractivity contribution in [3.63, 3.8) is 0 Å². The zero-order valence-corrected chi connectivity index (χ0v) is 14.8. The van der Waals surface area contributed by atoms with Gasteiger partial charge in [-0.3, -0.25) is 14.8 Å². The monoisotopic (exact) mass is 383 g/mol. The number of amides is 2. The van der Waals surface area contributed by atoms with E-state index in [1.165, 1.54) is 12.4 Å². The zero-order valence-electron chi connectivity index (χ0n) is 14.8. The summed E-state index contributed by atoms with van der Waals surface area (Å²) in [4.78, 5) is 23.7.